The molecule has 1 atom stereocenters. The maximum absolute atomic E-state index is 9.62. The average Bonchev–Trinajstić information content (AvgIpc) is 2.19. The molecule has 44 valence electrons. The van der Waals surface area contributed by atoms with Gasteiger partial charge in [-0.15, -0.1) is 0 Å². The molecule has 1 rings (SSSR count). The van der Waals surface area contributed by atoms with Gasteiger partial charge in [0.25, 0.3) is 12.1 Å². The van der Waals surface area contributed by atoms with Gasteiger partial charge < -0.3 is 9.47 Å². The third-order valence-corrected chi connectivity index (χ3v) is 1.31. The van der Waals surface area contributed by atoms with Crippen molar-refractivity contribution in [1.82, 2.24) is 0 Å². The Morgan fingerprint density at radius 1 is 1.88 bits per heavy atom. The molecule has 0 aromatic heterocycles. The van der Waals surface area contributed by atoms with E-state index in [9.17, 15) is 4.79 Å². The number of carbonyl (C=O) groups is 1. The molecule has 0 aliphatic carbocycles. The number of hydrogen-bond donors (Lipinski definition) is 0. The van der Waals surface area contributed by atoms with Crippen molar-refractivity contribution < 1.29 is 14.3 Å². The van der Waals surface area contributed by atoms with Crippen LogP contribution in [0.2, 0.25) is 0 Å². The summed E-state index contributed by atoms with van der Waals surface area (Å²) < 4.78 is 9.12. The highest BCUT2D eigenvalue weighted by Gasteiger charge is 2.10. The summed E-state index contributed by atoms with van der Waals surface area (Å²) in [5.74, 6) is 0. The third kappa shape index (κ3) is 1.16. The molecule has 0 spiro atoms. The molecular formula is C4H4O3S. The van der Waals surface area contributed by atoms with E-state index < -0.39 is 5.62 Å². The Labute approximate surface area is 50.7 Å². The average molecular weight is 132 g/mol. The lowest BCUT2D eigenvalue weighted by Gasteiger charge is -2.03. The monoisotopic (exact) mass is 132 g/mol. The molecule has 4 heteroatoms. The summed E-state index contributed by atoms with van der Waals surface area (Å²) in [6, 6.07) is 0. The molecule has 0 aromatic rings. The molecule has 0 amide bonds. The normalized spacial score (nSPS) is 24.8. The van der Waals surface area contributed by atoms with Crippen molar-refractivity contribution in [3.63, 3.8) is 0 Å². The molecule has 1 aliphatic heterocycles. The highest BCUT2D eigenvalue weighted by molar-refractivity contribution is 8.02. The van der Waals surface area contributed by atoms with E-state index in [1.54, 1.807) is 5.41 Å². The van der Waals surface area contributed by atoms with Crippen molar-refractivity contribution in [3.8, 4) is 0 Å². The second kappa shape index (κ2) is 2.61. The van der Waals surface area contributed by atoms with Crippen LogP contribution in [-0.4, -0.2) is 12.1 Å². The fourth-order valence-electron chi connectivity index (χ4n) is 0.334. The Balaban J connectivity index is 2.19. The lowest BCUT2D eigenvalue weighted by atomic mass is 11.1. The maximum atomic E-state index is 9.62. The Kier molecular flexibility index (Phi) is 1.80. The highest BCUT2D eigenvalue weighted by Crippen LogP contribution is 2.20. The SMILES string of the molecule is O=COC1OC=CS1. The Hall–Kier alpha value is -0.640. The van der Waals surface area contributed by atoms with Gasteiger partial charge in [-0.3, -0.25) is 4.79 Å². The van der Waals surface area contributed by atoms with Crippen LogP contribution in [0.4, 0.5) is 0 Å². The summed E-state index contributed by atoms with van der Waals surface area (Å²) in [6.07, 6.45) is 1.48. The zero-order valence-electron chi connectivity index (χ0n) is 3.94. The van der Waals surface area contributed by atoms with Gasteiger partial charge in [-0.05, 0) is 11.8 Å². The van der Waals surface area contributed by atoms with Crippen molar-refractivity contribution >= 4 is 18.2 Å². The van der Waals surface area contributed by atoms with Crippen LogP contribution < -0.4 is 0 Å². The first-order valence-corrected chi connectivity index (χ1v) is 2.93. The predicted octanol–water partition coefficient (Wildman–Crippen LogP) is 0.678. The van der Waals surface area contributed by atoms with E-state index in [-0.39, 0.29) is 0 Å². The standard InChI is InChI=1S/C4H4O3S/c5-3-7-4-6-1-2-8-4/h1-4H. The van der Waals surface area contributed by atoms with Gasteiger partial charge in [-0.1, -0.05) is 0 Å². The van der Waals surface area contributed by atoms with Gasteiger partial charge in [0.15, 0.2) is 0 Å². The lowest BCUT2D eigenvalue weighted by Crippen LogP contribution is -2.03. The second-order valence-electron chi connectivity index (χ2n) is 1.07. The van der Waals surface area contributed by atoms with Gasteiger partial charge in [0.1, 0.15) is 0 Å². The molecule has 0 N–H and O–H groups in total. The van der Waals surface area contributed by atoms with Crippen molar-refractivity contribution in [2.75, 3.05) is 0 Å². The van der Waals surface area contributed by atoms with Crippen LogP contribution in [0.15, 0.2) is 11.7 Å². The molecular weight excluding hydrogens is 128 g/mol. The van der Waals surface area contributed by atoms with Crippen LogP contribution in [0.3, 0.4) is 0 Å². The largest absolute Gasteiger partial charge is 0.453 e. The molecule has 3 nitrogen and oxygen atoms in total. The van der Waals surface area contributed by atoms with Crippen molar-refractivity contribution in [3.05, 3.63) is 11.7 Å². The molecule has 1 unspecified atom stereocenters. The summed E-state index contributed by atoms with van der Waals surface area (Å²) in [7, 11) is 0. The van der Waals surface area contributed by atoms with Crippen LogP contribution in [-0.2, 0) is 14.3 Å². The Bertz CT molecular complexity index is 104. The fourth-order valence-corrected chi connectivity index (χ4v) is 0.828. The number of ether oxygens (including phenoxy) is 2. The summed E-state index contributed by atoms with van der Waals surface area (Å²) in [6.45, 7) is 0.366. The third-order valence-electron chi connectivity index (χ3n) is 0.602. The highest BCUT2D eigenvalue weighted by atomic mass is 32.2. The van der Waals surface area contributed by atoms with E-state index in [1.165, 1.54) is 18.0 Å². The molecule has 1 aliphatic rings. The van der Waals surface area contributed by atoms with Gasteiger partial charge in [0, 0.05) is 5.41 Å². The molecule has 0 fully saturated rings. The van der Waals surface area contributed by atoms with Crippen LogP contribution >= 0.6 is 11.8 Å². The number of rotatable bonds is 2. The van der Waals surface area contributed by atoms with Crippen LogP contribution in [0.1, 0.15) is 0 Å². The van der Waals surface area contributed by atoms with Gasteiger partial charge in [-0.2, -0.15) is 0 Å². The molecule has 0 saturated heterocycles. The zero-order chi connectivity index (χ0) is 5.82. The first kappa shape index (κ1) is 5.50. The van der Waals surface area contributed by atoms with Crippen molar-refractivity contribution in [1.29, 1.82) is 0 Å². The quantitative estimate of drug-likeness (QED) is 0.517. The number of thioether (sulfide) groups is 1. The molecule has 0 radical (unpaired) electrons. The van der Waals surface area contributed by atoms with Gasteiger partial charge in [0.05, 0.1) is 6.26 Å². The van der Waals surface area contributed by atoms with Crippen LogP contribution in [0, 0.1) is 0 Å². The van der Waals surface area contributed by atoms with Gasteiger partial charge >= 0.3 is 0 Å². The first-order chi connectivity index (χ1) is 3.93. The minimum atomic E-state index is -0.451. The minimum Gasteiger partial charge on any atom is -0.453 e. The van der Waals surface area contributed by atoms with Gasteiger partial charge in [-0.25, -0.2) is 0 Å². The Morgan fingerprint density at radius 2 is 2.75 bits per heavy atom. The smallest absolute Gasteiger partial charge is 0.296 e. The summed E-state index contributed by atoms with van der Waals surface area (Å²) in [5.41, 5.74) is -0.451. The fraction of sp³-hybridized carbons (Fsp3) is 0.250. The van der Waals surface area contributed by atoms with E-state index in [4.69, 9.17) is 4.74 Å². The first-order valence-electron chi connectivity index (χ1n) is 1.98. The molecule has 8 heavy (non-hydrogen) atoms. The van der Waals surface area contributed by atoms with E-state index in [0.29, 0.717) is 6.47 Å². The van der Waals surface area contributed by atoms with E-state index in [1.807, 2.05) is 0 Å². The molecule has 1 heterocycles. The lowest BCUT2D eigenvalue weighted by molar-refractivity contribution is -0.140. The molecule has 0 saturated carbocycles. The number of carbonyl (C=O) groups excluding carboxylic acids is 1. The second-order valence-corrected chi connectivity index (χ2v) is 1.99. The van der Waals surface area contributed by atoms with Gasteiger partial charge in [0.2, 0.25) is 0 Å². The van der Waals surface area contributed by atoms with Crippen LogP contribution in [0.5, 0.6) is 0 Å². The maximum Gasteiger partial charge on any atom is 0.296 e. The van der Waals surface area contributed by atoms with E-state index >= 15 is 0 Å². The van der Waals surface area contributed by atoms with Crippen molar-refractivity contribution in [2.45, 2.75) is 5.62 Å². The van der Waals surface area contributed by atoms with E-state index in [2.05, 4.69) is 4.74 Å². The van der Waals surface area contributed by atoms with Crippen LogP contribution in [0.25, 0.3) is 0 Å². The topological polar surface area (TPSA) is 35.5 Å². The Morgan fingerprint density at radius 3 is 3.25 bits per heavy atom. The summed E-state index contributed by atoms with van der Waals surface area (Å²) in [5, 5.41) is 1.72. The molecule has 0 bridgehead atoms. The van der Waals surface area contributed by atoms with E-state index in [0.717, 1.165) is 0 Å². The minimum absolute atomic E-state index is 0.366. The zero-order valence-corrected chi connectivity index (χ0v) is 4.76. The summed E-state index contributed by atoms with van der Waals surface area (Å²) in [4.78, 5) is 9.62. The number of hydrogen-bond acceptors (Lipinski definition) is 4. The molecule has 0 aromatic carbocycles. The van der Waals surface area contributed by atoms with Crippen molar-refractivity contribution in [2.24, 2.45) is 0 Å². The summed E-state index contributed by atoms with van der Waals surface area (Å²) >= 11 is 1.31. The predicted molar refractivity (Wildman–Crippen MR) is 28.8 cm³/mol.